The number of aliphatic carboxylic acids is 4. The van der Waals surface area contributed by atoms with Crippen LogP contribution in [-0.2, 0) is 19.2 Å². The first-order valence-electron chi connectivity index (χ1n) is 4.50. The van der Waals surface area contributed by atoms with E-state index in [9.17, 15) is 49.8 Å². The maximum absolute atomic E-state index is 10.7. The molecule has 4 N–H and O–H groups in total. The summed E-state index contributed by atoms with van der Waals surface area (Å²) in [5.41, 5.74) is -9.44. The molecule has 0 aliphatic heterocycles. The second-order valence-corrected chi connectivity index (χ2v) is 3.55. The van der Waals surface area contributed by atoms with E-state index in [0.29, 0.717) is 0 Å². The fourth-order valence-corrected chi connectivity index (χ4v) is 1.29. The van der Waals surface area contributed by atoms with Crippen LogP contribution in [0.4, 0.5) is 0 Å². The third kappa shape index (κ3) is 2.27. The molecule has 0 aromatic heterocycles. The largest absolute Gasteiger partial charge is 0.547 e. The zero-order valence-electron chi connectivity index (χ0n) is 9.21. The van der Waals surface area contributed by atoms with Gasteiger partial charge in [0.25, 0.3) is 0 Å². The Kier molecular flexibility index (Phi) is 4.76. The molecular formula is C8H6O12-4. The van der Waals surface area contributed by atoms with Crippen molar-refractivity contribution in [2.45, 2.75) is 23.4 Å². The molecule has 0 saturated carbocycles. The van der Waals surface area contributed by atoms with Crippen molar-refractivity contribution in [3.05, 3.63) is 0 Å². The number of aliphatic hydroxyl groups is 4. The first kappa shape index (κ1) is 17.7. The van der Waals surface area contributed by atoms with Crippen molar-refractivity contribution < 1.29 is 60.0 Å². The molecule has 20 heavy (non-hydrogen) atoms. The zero-order valence-corrected chi connectivity index (χ0v) is 9.21. The highest BCUT2D eigenvalue weighted by Crippen LogP contribution is 2.29. The Morgan fingerprint density at radius 3 is 1.00 bits per heavy atom. The highest BCUT2D eigenvalue weighted by atomic mass is 16.5. The van der Waals surface area contributed by atoms with E-state index in [-0.39, 0.29) is 0 Å². The van der Waals surface area contributed by atoms with Crippen LogP contribution < -0.4 is 20.4 Å². The molecule has 0 saturated heterocycles. The lowest BCUT2D eigenvalue weighted by molar-refractivity contribution is -0.384. The Balaban J connectivity index is 6.36. The molecular weight excluding hydrogens is 288 g/mol. The van der Waals surface area contributed by atoms with Crippen LogP contribution in [0.15, 0.2) is 0 Å². The molecule has 4 atom stereocenters. The van der Waals surface area contributed by atoms with Crippen LogP contribution in [0.1, 0.15) is 0 Å². The number of aliphatic hydroxyl groups excluding tert-OH is 2. The van der Waals surface area contributed by atoms with Gasteiger partial charge in [0.05, 0.1) is 23.9 Å². The van der Waals surface area contributed by atoms with Crippen molar-refractivity contribution >= 4 is 23.9 Å². The minimum Gasteiger partial charge on any atom is -0.547 e. The summed E-state index contributed by atoms with van der Waals surface area (Å²) in [6.07, 6.45) is -7.38. The van der Waals surface area contributed by atoms with Gasteiger partial charge in [-0.05, 0) is 0 Å². The number of carbonyl (C=O) groups is 4. The number of hydrogen-bond donors (Lipinski definition) is 4. The van der Waals surface area contributed by atoms with Crippen molar-refractivity contribution in [1.29, 1.82) is 0 Å². The Bertz CT molecular complexity index is 414. The number of carbonyl (C=O) groups excluding carboxylic acids is 4. The van der Waals surface area contributed by atoms with E-state index < -0.39 is 47.3 Å². The van der Waals surface area contributed by atoms with Crippen molar-refractivity contribution in [2.75, 3.05) is 0 Å². The molecule has 0 aromatic rings. The van der Waals surface area contributed by atoms with Crippen molar-refractivity contribution in [2.24, 2.45) is 0 Å². The second-order valence-electron chi connectivity index (χ2n) is 3.55. The van der Waals surface area contributed by atoms with Crippen molar-refractivity contribution in [3.8, 4) is 0 Å². The van der Waals surface area contributed by atoms with Gasteiger partial charge in [0.15, 0.2) is 11.2 Å². The highest BCUT2D eigenvalue weighted by Gasteiger charge is 2.61. The quantitative estimate of drug-likeness (QED) is 0.342. The SMILES string of the molecule is O=C([O-])C(O)C(O)(C(=O)[O-])C(O)(C(=O)[O-])C(O)C(=O)[O-]. The normalized spacial score (nSPS) is 20.0. The Labute approximate surface area is 108 Å². The third-order valence-corrected chi connectivity index (χ3v) is 2.44. The zero-order chi connectivity index (χ0) is 16.5. The molecule has 0 aliphatic rings. The van der Waals surface area contributed by atoms with Gasteiger partial charge in [-0.2, -0.15) is 0 Å². The summed E-state index contributed by atoms with van der Waals surface area (Å²) in [4.78, 5) is 42.0. The lowest BCUT2D eigenvalue weighted by Crippen LogP contribution is -2.81. The minimum absolute atomic E-state index is 2.82. The van der Waals surface area contributed by atoms with Crippen LogP contribution in [0.2, 0.25) is 0 Å². The summed E-state index contributed by atoms with van der Waals surface area (Å²) in [5, 5.41) is 78.6. The van der Waals surface area contributed by atoms with Crippen LogP contribution in [0.3, 0.4) is 0 Å². The van der Waals surface area contributed by atoms with Gasteiger partial charge >= 0.3 is 0 Å². The standard InChI is InChI=1S/C8H10O12/c9-1(3(11)12)7(19,5(15)16)8(20,6(17)18)2(10)4(13)14/h1-2,9-10,19-20H,(H,11,12)(H,13,14)(H,15,16)(H,17,18)/p-4. The van der Waals surface area contributed by atoms with Gasteiger partial charge in [-0.1, -0.05) is 0 Å². The summed E-state index contributed by atoms with van der Waals surface area (Å²) in [6, 6.07) is 0. The van der Waals surface area contributed by atoms with E-state index in [1.807, 2.05) is 0 Å². The molecule has 12 nitrogen and oxygen atoms in total. The fourth-order valence-electron chi connectivity index (χ4n) is 1.29. The number of carboxylic acid groups (broad SMARTS) is 4. The Hall–Kier alpha value is -2.28. The van der Waals surface area contributed by atoms with E-state index in [1.165, 1.54) is 0 Å². The lowest BCUT2D eigenvalue weighted by atomic mass is 9.74. The highest BCUT2D eigenvalue weighted by molar-refractivity contribution is 5.97. The van der Waals surface area contributed by atoms with E-state index in [2.05, 4.69) is 0 Å². The van der Waals surface area contributed by atoms with Crippen molar-refractivity contribution in [1.82, 2.24) is 0 Å². The van der Waals surface area contributed by atoms with Gasteiger partial charge in [-0.3, -0.25) is 0 Å². The third-order valence-electron chi connectivity index (χ3n) is 2.44. The lowest BCUT2D eigenvalue weighted by Gasteiger charge is -2.49. The predicted octanol–water partition coefficient (Wildman–Crippen LogP) is -9.83. The van der Waals surface area contributed by atoms with Gasteiger partial charge in [-0.15, -0.1) is 0 Å². The van der Waals surface area contributed by atoms with Gasteiger partial charge in [0.1, 0.15) is 12.2 Å². The molecule has 4 unspecified atom stereocenters. The van der Waals surface area contributed by atoms with E-state index >= 15 is 0 Å². The molecule has 0 heterocycles. The topological polar surface area (TPSA) is 241 Å². The van der Waals surface area contributed by atoms with Gasteiger partial charge in [0, 0.05) is 0 Å². The van der Waals surface area contributed by atoms with Crippen LogP contribution in [0.25, 0.3) is 0 Å². The Morgan fingerprint density at radius 1 is 0.700 bits per heavy atom. The molecule has 0 aromatic carbocycles. The maximum atomic E-state index is 10.7. The summed E-state index contributed by atoms with van der Waals surface area (Å²) < 4.78 is 0. The minimum atomic E-state index is -4.72. The number of hydrogen-bond acceptors (Lipinski definition) is 12. The molecule has 12 heteroatoms. The first-order valence-corrected chi connectivity index (χ1v) is 4.50. The van der Waals surface area contributed by atoms with Crippen LogP contribution in [-0.4, -0.2) is 67.7 Å². The molecule has 0 amide bonds. The van der Waals surface area contributed by atoms with Crippen LogP contribution >= 0.6 is 0 Å². The average Bonchev–Trinajstić information content (AvgIpc) is 2.33. The average molecular weight is 294 g/mol. The summed E-state index contributed by atoms with van der Waals surface area (Å²) in [7, 11) is 0. The van der Waals surface area contributed by atoms with Gasteiger partial charge in [-0.25, -0.2) is 0 Å². The van der Waals surface area contributed by atoms with Crippen molar-refractivity contribution in [3.63, 3.8) is 0 Å². The van der Waals surface area contributed by atoms with Gasteiger partial charge in [0.2, 0.25) is 0 Å². The molecule has 0 aliphatic carbocycles. The summed E-state index contributed by atoms with van der Waals surface area (Å²) >= 11 is 0. The summed E-state index contributed by atoms with van der Waals surface area (Å²) in [5.74, 6) is -11.9. The number of rotatable bonds is 7. The molecule has 0 radical (unpaired) electrons. The monoisotopic (exact) mass is 294 g/mol. The van der Waals surface area contributed by atoms with Gasteiger partial charge < -0.3 is 60.0 Å². The second kappa shape index (κ2) is 5.38. The Morgan fingerprint density at radius 2 is 0.900 bits per heavy atom. The molecule has 0 rings (SSSR count). The van der Waals surface area contributed by atoms with E-state index in [0.717, 1.165) is 0 Å². The van der Waals surface area contributed by atoms with Crippen LogP contribution in [0, 0.1) is 0 Å². The smallest absolute Gasteiger partial charge is 0.172 e. The first-order chi connectivity index (χ1) is 8.84. The number of carboxylic acids is 4. The van der Waals surface area contributed by atoms with E-state index in [1.54, 1.807) is 0 Å². The fraction of sp³-hybridized carbons (Fsp3) is 0.500. The van der Waals surface area contributed by atoms with E-state index in [4.69, 9.17) is 10.2 Å². The molecule has 0 fully saturated rings. The maximum Gasteiger partial charge on any atom is 0.172 e. The predicted molar refractivity (Wildman–Crippen MR) is 41.9 cm³/mol. The molecule has 114 valence electrons. The molecule has 0 spiro atoms. The summed E-state index contributed by atoms with van der Waals surface area (Å²) in [6.45, 7) is 0. The van der Waals surface area contributed by atoms with Crippen LogP contribution in [0.5, 0.6) is 0 Å². The molecule has 0 bridgehead atoms.